The molecule has 1 unspecified atom stereocenters. The highest BCUT2D eigenvalue weighted by atomic mass is 32.2. The highest BCUT2D eigenvalue weighted by Crippen LogP contribution is 2.15. The van der Waals surface area contributed by atoms with Crippen LogP contribution in [0.15, 0.2) is 45.8 Å². The van der Waals surface area contributed by atoms with Crippen molar-refractivity contribution in [2.75, 3.05) is 32.1 Å². The van der Waals surface area contributed by atoms with Crippen molar-refractivity contribution < 1.29 is 22.3 Å². The van der Waals surface area contributed by atoms with Crippen LogP contribution in [0.1, 0.15) is 23.2 Å². The van der Waals surface area contributed by atoms with E-state index >= 15 is 0 Å². The van der Waals surface area contributed by atoms with Crippen molar-refractivity contribution in [3.63, 3.8) is 0 Å². The van der Waals surface area contributed by atoms with Gasteiger partial charge in [-0.1, -0.05) is 12.1 Å². The lowest BCUT2D eigenvalue weighted by atomic mass is 10.1. The fraction of sp³-hybridized carbons (Fsp3) is 0.421. The molecular weight excluding hydrogens is 431 g/mol. The Bertz CT molecular complexity index is 917. The molecule has 166 valence electrons. The molecule has 0 aliphatic heterocycles. The van der Waals surface area contributed by atoms with Crippen LogP contribution < -0.4 is 15.4 Å². The molecule has 1 aromatic carbocycles. The van der Waals surface area contributed by atoms with Gasteiger partial charge in [0, 0.05) is 12.3 Å². The number of sulfonamides is 1. The first-order chi connectivity index (χ1) is 14.3. The number of benzene rings is 1. The summed E-state index contributed by atoms with van der Waals surface area (Å²) in [5.74, 6) is 2.77. The molecule has 8 nitrogen and oxygen atoms in total. The minimum absolute atomic E-state index is 0.0496. The number of nitrogens with one attached hydrogen (secondary N) is 3. The van der Waals surface area contributed by atoms with Crippen molar-refractivity contribution in [3.05, 3.63) is 59.3 Å². The molecular formula is C19H27FN4O4S2. The fourth-order valence-electron chi connectivity index (χ4n) is 2.45. The summed E-state index contributed by atoms with van der Waals surface area (Å²) < 4.78 is 44.1. The number of aliphatic hydroxyl groups excluding tert-OH is 1. The van der Waals surface area contributed by atoms with Gasteiger partial charge in [0.15, 0.2) is 0 Å². The van der Waals surface area contributed by atoms with Crippen molar-refractivity contribution in [2.45, 2.75) is 18.4 Å². The SMILES string of the molecule is CNCc1ccc(CSCCNC(=NCC(O)c2ccc(F)cc2)NS(C)(=O)=O)o1. The molecule has 1 aromatic heterocycles. The fourth-order valence-corrected chi connectivity index (χ4v) is 3.69. The Kier molecular flexibility index (Phi) is 9.63. The van der Waals surface area contributed by atoms with E-state index in [0.717, 1.165) is 17.8 Å². The van der Waals surface area contributed by atoms with E-state index in [4.69, 9.17) is 4.42 Å². The maximum Gasteiger partial charge on any atom is 0.232 e. The Morgan fingerprint density at radius 2 is 1.93 bits per heavy atom. The first kappa shape index (κ1) is 24.2. The number of guanidine groups is 1. The lowest BCUT2D eigenvalue weighted by Gasteiger charge is -2.13. The van der Waals surface area contributed by atoms with Crippen LogP contribution in [0.5, 0.6) is 0 Å². The minimum Gasteiger partial charge on any atom is -0.464 e. The molecule has 2 aromatic rings. The monoisotopic (exact) mass is 458 g/mol. The van der Waals surface area contributed by atoms with E-state index in [1.165, 1.54) is 24.3 Å². The van der Waals surface area contributed by atoms with E-state index in [2.05, 4.69) is 20.3 Å². The van der Waals surface area contributed by atoms with Crippen LogP contribution in [0.4, 0.5) is 4.39 Å². The molecule has 0 aliphatic rings. The first-order valence-electron chi connectivity index (χ1n) is 9.26. The lowest BCUT2D eigenvalue weighted by molar-refractivity contribution is 0.187. The zero-order valence-corrected chi connectivity index (χ0v) is 18.5. The molecule has 4 N–H and O–H groups in total. The number of hydrogen-bond acceptors (Lipinski definition) is 7. The predicted molar refractivity (Wildman–Crippen MR) is 117 cm³/mol. The Labute approximate surface area is 180 Å². The van der Waals surface area contributed by atoms with Gasteiger partial charge in [0.25, 0.3) is 0 Å². The normalized spacial score (nSPS) is 13.3. The summed E-state index contributed by atoms with van der Waals surface area (Å²) in [6, 6.07) is 9.27. The Morgan fingerprint density at radius 3 is 2.60 bits per heavy atom. The molecule has 30 heavy (non-hydrogen) atoms. The van der Waals surface area contributed by atoms with Gasteiger partial charge >= 0.3 is 0 Å². The van der Waals surface area contributed by atoms with Crippen LogP contribution in [0.3, 0.4) is 0 Å². The van der Waals surface area contributed by atoms with Gasteiger partial charge in [-0.15, -0.1) is 0 Å². The Hall–Kier alpha value is -2.08. The van der Waals surface area contributed by atoms with E-state index in [1.54, 1.807) is 11.8 Å². The van der Waals surface area contributed by atoms with E-state index in [9.17, 15) is 17.9 Å². The van der Waals surface area contributed by atoms with Crippen molar-refractivity contribution in [1.29, 1.82) is 0 Å². The molecule has 0 saturated heterocycles. The van der Waals surface area contributed by atoms with E-state index in [-0.39, 0.29) is 12.5 Å². The number of thioether (sulfide) groups is 1. The number of halogens is 1. The highest BCUT2D eigenvalue weighted by molar-refractivity contribution is 7.98. The molecule has 0 spiro atoms. The van der Waals surface area contributed by atoms with Crippen LogP contribution in [0.25, 0.3) is 0 Å². The van der Waals surface area contributed by atoms with Gasteiger partial charge in [-0.2, -0.15) is 11.8 Å². The van der Waals surface area contributed by atoms with Crippen molar-refractivity contribution >= 4 is 27.7 Å². The van der Waals surface area contributed by atoms with Crippen LogP contribution in [-0.4, -0.2) is 51.6 Å². The largest absolute Gasteiger partial charge is 0.464 e. The standard InChI is InChI=1S/C19H27FN4O4S2/c1-21-11-16-7-8-17(28-16)13-29-10-9-22-19(24-30(2,26)27)23-12-18(25)14-3-5-15(20)6-4-14/h3-8,18,21,25H,9-13H2,1-2H3,(H2,22,23,24). The molecule has 0 amide bonds. The lowest BCUT2D eigenvalue weighted by Crippen LogP contribution is -2.41. The first-order valence-corrected chi connectivity index (χ1v) is 12.3. The quantitative estimate of drug-likeness (QED) is 0.230. The second-order valence-corrected chi connectivity index (χ2v) is 9.36. The van der Waals surface area contributed by atoms with Gasteiger partial charge in [0.05, 0.1) is 31.2 Å². The summed E-state index contributed by atoms with van der Waals surface area (Å²) >= 11 is 1.63. The topological polar surface area (TPSA) is 116 Å². The van der Waals surface area contributed by atoms with E-state index < -0.39 is 21.9 Å². The van der Waals surface area contributed by atoms with Crippen LogP contribution >= 0.6 is 11.8 Å². The van der Waals surface area contributed by atoms with Gasteiger partial charge in [0.1, 0.15) is 17.3 Å². The van der Waals surface area contributed by atoms with E-state index in [0.29, 0.717) is 30.2 Å². The minimum atomic E-state index is -3.53. The third kappa shape index (κ3) is 9.16. The number of aliphatic hydroxyl groups is 1. The highest BCUT2D eigenvalue weighted by Gasteiger charge is 2.10. The van der Waals surface area contributed by atoms with Crippen LogP contribution in [-0.2, 0) is 22.3 Å². The molecule has 0 fully saturated rings. The zero-order chi connectivity index (χ0) is 22.0. The summed E-state index contributed by atoms with van der Waals surface area (Å²) in [4.78, 5) is 4.12. The molecule has 0 aliphatic carbocycles. The van der Waals surface area contributed by atoms with Crippen LogP contribution in [0, 0.1) is 5.82 Å². The molecule has 0 saturated carbocycles. The van der Waals surface area contributed by atoms with Crippen LogP contribution in [0.2, 0.25) is 0 Å². The summed E-state index contributed by atoms with van der Waals surface area (Å²) in [5.41, 5.74) is 0.491. The smallest absolute Gasteiger partial charge is 0.232 e. The van der Waals surface area contributed by atoms with Gasteiger partial charge in [-0.3, -0.25) is 4.72 Å². The van der Waals surface area contributed by atoms with E-state index in [1.807, 2.05) is 19.2 Å². The summed E-state index contributed by atoms with van der Waals surface area (Å²) in [6.07, 6.45) is 0.0403. The number of hydrogen-bond donors (Lipinski definition) is 4. The van der Waals surface area contributed by atoms with Gasteiger partial charge in [0.2, 0.25) is 16.0 Å². The number of nitrogens with zero attached hydrogens (tertiary/aromatic N) is 1. The number of rotatable bonds is 11. The third-order valence-corrected chi connectivity index (χ3v) is 5.36. The number of aliphatic imine (C=N–C) groups is 1. The molecule has 0 radical (unpaired) electrons. The second kappa shape index (κ2) is 11.9. The summed E-state index contributed by atoms with van der Waals surface area (Å²) in [7, 11) is -1.68. The molecule has 2 rings (SSSR count). The van der Waals surface area contributed by atoms with Crippen molar-refractivity contribution in [2.24, 2.45) is 4.99 Å². The average molecular weight is 459 g/mol. The summed E-state index contributed by atoms with van der Waals surface area (Å²) in [5, 5.41) is 16.1. The summed E-state index contributed by atoms with van der Waals surface area (Å²) in [6.45, 7) is 1.06. The average Bonchev–Trinajstić information content (AvgIpc) is 3.12. The number of furan rings is 1. The molecule has 1 heterocycles. The molecule has 0 bridgehead atoms. The Balaban J connectivity index is 1.83. The molecule has 1 atom stereocenters. The molecule has 11 heteroatoms. The van der Waals surface area contributed by atoms with Gasteiger partial charge in [-0.05, 0) is 36.9 Å². The van der Waals surface area contributed by atoms with Gasteiger partial charge < -0.3 is 20.2 Å². The Morgan fingerprint density at radius 1 is 1.23 bits per heavy atom. The van der Waals surface area contributed by atoms with Gasteiger partial charge in [-0.25, -0.2) is 17.8 Å². The zero-order valence-electron chi connectivity index (χ0n) is 16.9. The van der Waals surface area contributed by atoms with Crippen molar-refractivity contribution in [3.8, 4) is 0 Å². The predicted octanol–water partition coefficient (Wildman–Crippen LogP) is 1.60. The maximum absolute atomic E-state index is 13.0. The second-order valence-electron chi connectivity index (χ2n) is 6.51. The third-order valence-electron chi connectivity index (χ3n) is 3.81. The maximum atomic E-state index is 13.0. The van der Waals surface area contributed by atoms with Crippen molar-refractivity contribution in [1.82, 2.24) is 15.4 Å².